The predicted octanol–water partition coefficient (Wildman–Crippen LogP) is 1.31. The highest BCUT2D eigenvalue weighted by atomic mass is 79.9. The largest absolute Gasteiger partial charge is 1.00 e. The number of aromatic nitrogens is 2. The summed E-state index contributed by atoms with van der Waals surface area (Å²) in [4.78, 5) is 13.0. The summed E-state index contributed by atoms with van der Waals surface area (Å²) >= 11 is 0. The Kier molecular flexibility index (Phi) is 7.88. The van der Waals surface area contributed by atoms with Crippen molar-refractivity contribution in [3.05, 3.63) is 125 Å². The third kappa shape index (κ3) is 4.93. The van der Waals surface area contributed by atoms with Gasteiger partial charge in [0.05, 0.1) is 6.54 Å². The molecule has 0 aliphatic rings. The van der Waals surface area contributed by atoms with Crippen molar-refractivity contribution in [3.8, 4) is 0 Å². The van der Waals surface area contributed by atoms with E-state index in [1.807, 2.05) is 60.7 Å². The highest BCUT2D eigenvalue weighted by Crippen LogP contribution is 2.36. The molecule has 0 bridgehead atoms. The van der Waals surface area contributed by atoms with E-state index >= 15 is 0 Å². The van der Waals surface area contributed by atoms with Crippen LogP contribution in [0.1, 0.15) is 34.5 Å². The van der Waals surface area contributed by atoms with Gasteiger partial charge in [0.25, 0.3) is 5.82 Å². The van der Waals surface area contributed by atoms with Crippen LogP contribution in [0, 0.1) is 13.8 Å². The number of primary amides is 1. The average Bonchev–Trinajstić information content (AvgIpc) is 3.16. The normalized spacial score (nSPS) is 11.1. The zero-order valence-electron chi connectivity index (χ0n) is 19.1. The van der Waals surface area contributed by atoms with Crippen molar-refractivity contribution in [1.82, 2.24) is 4.57 Å². The summed E-state index contributed by atoms with van der Waals surface area (Å²) in [6.45, 7) is 5.77. The molecule has 1 heterocycles. The fourth-order valence-corrected chi connectivity index (χ4v) is 4.51. The second kappa shape index (κ2) is 10.6. The number of hydrogen-bond acceptors (Lipinski definition) is 1. The number of carbonyl (C=O) groups is 1. The van der Waals surface area contributed by atoms with E-state index in [4.69, 9.17) is 5.73 Å². The topological polar surface area (TPSA) is 51.9 Å². The number of rotatable bonds is 8. The van der Waals surface area contributed by atoms with Crippen LogP contribution < -0.4 is 27.3 Å². The van der Waals surface area contributed by atoms with Gasteiger partial charge >= 0.3 is 0 Å². The van der Waals surface area contributed by atoms with Gasteiger partial charge in [-0.25, -0.2) is 9.13 Å². The number of carbonyl (C=O) groups excluding carboxylic acids is 1. The van der Waals surface area contributed by atoms with Gasteiger partial charge in [-0.15, -0.1) is 0 Å². The average molecular weight is 504 g/mol. The molecule has 0 aliphatic heterocycles. The van der Waals surface area contributed by atoms with Crippen molar-refractivity contribution >= 4 is 5.91 Å². The Morgan fingerprint density at radius 1 is 0.879 bits per heavy atom. The van der Waals surface area contributed by atoms with Crippen LogP contribution in [0.5, 0.6) is 0 Å². The highest BCUT2D eigenvalue weighted by molar-refractivity contribution is 5.90. The summed E-state index contributed by atoms with van der Waals surface area (Å²) < 4.78 is 4.46. The van der Waals surface area contributed by atoms with Gasteiger partial charge in [-0.05, 0) is 29.2 Å². The maximum absolute atomic E-state index is 13.0. The molecule has 1 amide bonds. The standard InChI is InChI=1S/C28H29N3O.BrH/c1-22-11-9-10-12-24(22)21-31-20-19-30(23(31)2)18-17-28(27(29)32,25-13-5-3-6-14-25)26-15-7-4-8-16-26;/h3-16,19-20H,17-18,21H2,1-2H3,(H-,29,32);1H. The van der Waals surface area contributed by atoms with E-state index in [1.165, 1.54) is 11.1 Å². The number of imidazole rings is 1. The Balaban J connectivity index is 0.00000306. The zero-order chi connectivity index (χ0) is 22.6. The van der Waals surface area contributed by atoms with Crippen molar-refractivity contribution in [3.63, 3.8) is 0 Å². The van der Waals surface area contributed by atoms with E-state index in [9.17, 15) is 4.79 Å². The lowest BCUT2D eigenvalue weighted by atomic mass is 9.71. The third-order valence-electron chi connectivity index (χ3n) is 6.54. The molecule has 0 radical (unpaired) electrons. The molecule has 0 spiro atoms. The van der Waals surface area contributed by atoms with Gasteiger partial charge in [-0.2, -0.15) is 0 Å². The van der Waals surface area contributed by atoms with Gasteiger partial charge in [-0.3, -0.25) is 4.79 Å². The van der Waals surface area contributed by atoms with E-state index in [2.05, 4.69) is 59.6 Å². The number of amides is 1. The van der Waals surface area contributed by atoms with Gasteiger partial charge in [0.1, 0.15) is 24.4 Å². The first-order valence-electron chi connectivity index (χ1n) is 11.0. The number of nitrogens with zero attached hydrogens (tertiary/aromatic N) is 2. The maximum Gasteiger partial charge on any atom is 0.253 e. The number of halogens is 1. The molecule has 0 aliphatic carbocycles. The van der Waals surface area contributed by atoms with Crippen molar-refractivity contribution in [2.75, 3.05) is 0 Å². The van der Waals surface area contributed by atoms with Crippen molar-refractivity contribution < 1.29 is 26.3 Å². The minimum absolute atomic E-state index is 0. The lowest BCUT2D eigenvalue weighted by molar-refractivity contribution is -0.694. The highest BCUT2D eigenvalue weighted by Gasteiger charge is 2.40. The first kappa shape index (κ1) is 24.5. The SMILES string of the molecule is Cc1ccccc1C[n+]1ccn(CCC(C(N)=O)(c2ccccc2)c2ccccc2)c1C.[Br-]. The summed E-state index contributed by atoms with van der Waals surface area (Å²) in [6, 6.07) is 28.2. The molecule has 4 rings (SSSR count). The van der Waals surface area contributed by atoms with Gasteiger partial charge in [-0.1, -0.05) is 84.9 Å². The van der Waals surface area contributed by atoms with Crippen molar-refractivity contribution in [2.24, 2.45) is 5.73 Å². The van der Waals surface area contributed by atoms with E-state index < -0.39 is 5.41 Å². The molecule has 0 saturated heterocycles. The van der Waals surface area contributed by atoms with Gasteiger partial charge in [0, 0.05) is 13.3 Å². The Hall–Kier alpha value is -3.18. The van der Waals surface area contributed by atoms with E-state index in [-0.39, 0.29) is 22.9 Å². The van der Waals surface area contributed by atoms with Crippen LogP contribution in [-0.2, 0) is 23.3 Å². The molecule has 3 aromatic carbocycles. The first-order valence-corrected chi connectivity index (χ1v) is 11.0. The van der Waals surface area contributed by atoms with E-state index in [0.29, 0.717) is 13.0 Å². The van der Waals surface area contributed by atoms with Gasteiger partial charge in [0.2, 0.25) is 5.91 Å². The third-order valence-corrected chi connectivity index (χ3v) is 6.54. The summed E-state index contributed by atoms with van der Waals surface area (Å²) in [5, 5.41) is 0. The Bertz CT molecular complexity index is 1160. The molecule has 4 aromatic rings. The van der Waals surface area contributed by atoms with E-state index in [1.54, 1.807) is 0 Å². The maximum atomic E-state index is 13.0. The quantitative estimate of drug-likeness (QED) is 0.362. The molecule has 5 heteroatoms. The van der Waals surface area contributed by atoms with Crippen LogP contribution in [0.2, 0.25) is 0 Å². The minimum Gasteiger partial charge on any atom is -1.00 e. The Labute approximate surface area is 206 Å². The number of nitrogens with two attached hydrogens (primary N) is 1. The van der Waals surface area contributed by atoms with Crippen molar-refractivity contribution in [1.29, 1.82) is 0 Å². The lowest BCUT2D eigenvalue weighted by Gasteiger charge is -2.31. The molecular formula is C28H30BrN3O. The first-order chi connectivity index (χ1) is 15.5. The molecule has 0 fully saturated rings. The molecule has 170 valence electrons. The van der Waals surface area contributed by atoms with Crippen LogP contribution in [0.3, 0.4) is 0 Å². The van der Waals surface area contributed by atoms with Gasteiger partial charge in [0.15, 0.2) is 0 Å². The Morgan fingerprint density at radius 3 is 1.97 bits per heavy atom. The monoisotopic (exact) mass is 503 g/mol. The number of aryl methyl sites for hydroxylation is 2. The summed E-state index contributed by atoms with van der Waals surface area (Å²) in [5.74, 6) is 0.820. The van der Waals surface area contributed by atoms with Gasteiger partial charge < -0.3 is 22.7 Å². The predicted molar refractivity (Wildman–Crippen MR) is 127 cm³/mol. The second-order valence-corrected chi connectivity index (χ2v) is 8.34. The van der Waals surface area contributed by atoms with Crippen LogP contribution in [0.15, 0.2) is 97.3 Å². The molecular weight excluding hydrogens is 474 g/mol. The molecule has 2 N–H and O–H groups in total. The zero-order valence-corrected chi connectivity index (χ0v) is 20.7. The molecule has 0 atom stereocenters. The number of hydrogen-bond donors (Lipinski definition) is 1. The lowest BCUT2D eigenvalue weighted by Crippen LogP contribution is -3.00. The fourth-order valence-electron chi connectivity index (χ4n) is 4.51. The fraction of sp³-hybridized carbons (Fsp3) is 0.214. The van der Waals surface area contributed by atoms with Crippen LogP contribution in [-0.4, -0.2) is 10.5 Å². The van der Waals surface area contributed by atoms with Crippen LogP contribution in [0.25, 0.3) is 0 Å². The molecule has 4 nitrogen and oxygen atoms in total. The second-order valence-electron chi connectivity index (χ2n) is 8.34. The molecule has 0 unspecified atom stereocenters. The molecule has 33 heavy (non-hydrogen) atoms. The number of benzene rings is 3. The summed E-state index contributed by atoms with van der Waals surface area (Å²) in [7, 11) is 0. The Morgan fingerprint density at radius 2 is 1.42 bits per heavy atom. The molecule has 1 aromatic heterocycles. The van der Waals surface area contributed by atoms with E-state index in [0.717, 1.165) is 23.5 Å². The van der Waals surface area contributed by atoms with Crippen molar-refractivity contribution in [2.45, 2.75) is 38.8 Å². The summed E-state index contributed by atoms with van der Waals surface area (Å²) in [5.41, 5.74) is 9.66. The van der Waals surface area contributed by atoms with Crippen LogP contribution >= 0.6 is 0 Å². The smallest absolute Gasteiger partial charge is 0.253 e. The van der Waals surface area contributed by atoms with Crippen LogP contribution in [0.4, 0.5) is 0 Å². The summed E-state index contributed by atoms with van der Waals surface area (Å²) in [6.07, 6.45) is 4.78. The molecule has 0 saturated carbocycles. The minimum atomic E-state index is -0.889.